The van der Waals surface area contributed by atoms with E-state index in [0.29, 0.717) is 140 Å². The van der Waals surface area contributed by atoms with Crippen molar-refractivity contribution in [3.8, 4) is 86.6 Å². The van der Waals surface area contributed by atoms with E-state index in [-0.39, 0.29) is 78.8 Å². The van der Waals surface area contributed by atoms with Crippen LogP contribution in [0.15, 0.2) is 36.4 Å². The molecule has 4 unspecified atom stereocenters. The summed E-state index contributed by atoms with van der Waals surface area (Å²) in [7, 11) is 5.97. The zero-order valence-electron chi connectivity index (χ0n) is 60.3. The smallest absolute Gasteiger partial charge is 0.331 e. The minimum atomic E-state index is -1.36. The number of phenolic OH excluding ortho intramolecular Hbond substituents is 4. The Morgan fingerprint density at radius 3 is 1.42 bits per heavy atom. The maximum absolute atomic E-state index is 14.7. The Bertz CT molecular complexity index is 4880. The molecule has 14 aliphatic heterocycles. The summed E-state index contributed by atoms with van der Waals surface area (Å²) in [5.41, 5.74) is 8.59. The number of carbonyl (C=O) groups is 4. The van der Waals surface area contributed by atoms with Gasteiger partial charge in [-0.2, -0.15) is 5.26 Å². The third kappa shape index (κ3) is 10.4. The summed E-state index contributed by atoms with van der Waals surface area (Å²) < 4.78 is 71.7. The van der Waals surface area contributed by atoms with Crippen molar-refractivity contribution in [2.45, 2.75) is 149 Å². The summed E-state index contributed by atoms with van der Waals surface area (Å²) in [5.74, 6) is 1.80. The number of aliphatic hydroxyl groups excluding tert-OH is 1. The third-order valence-corrected chi connectivity index (χ3v) is 26.6. The molecule has 28 nitrogen and oxygen atoms in total. The zero-order chi connectivity index (χ0) is 74.9. The minimum absolute atomic E-state index is 0.0210. The average Bonchev–Trinajstić information content (AvgIpc) is 1.49. The standard InChI is InChI=1S/C39H40N4O10S.C38H41N3O11S/c1-16-8-20-9-22-23(12-40)43-24-13-50-38(47)39(21-11-26(48-4)25(45)10-19(21)6-7-41-39)14-54-37(31(43)30(42-22)27(20)32(46)33(16)49-5)29-28(24)36-35(51-15-52-36)17(2)34(29)53-18(3)44;1-15-8-19-9-21-36(45)41-22-12-49-37(46)38(20-11-24(47-4)23(43)10-18(20)6-7-39-38)13-53-35(29(41)28(40-21)25(19)30(44)31(15)48-5)27-26(22)34-33(50-14-51-34)16(2)32(27)52-17(3)42/h8,10-11,22-24,30-31,37,41-42,45-46H,6-7,9,13-15H2,1-5H3;8,10-11,21-22,28-29,35-36,39-40,43-45H,6-7,9,12-14H2,1-5H3/t22-,23-,24-,30?,31?,37+,39+;21-,22-,28?,29?,35+,36-,38+/m00/s1. The molecular weight excluding hydrogens is 1420 g/mol. The lowest BCUT2D eigenvalue weighted by atomic mass is 9.72. The van der Waals surface area contributed by atoms with Crippen molar-refractivity contribution in [3.05, 3.63) is 125 Å². The number of carbonyl (C=O) groups excluding carboxylic acids is 4. The van der Waals surface area contributed by atoms with E-state index in [4.69, 9.17) is 56.8 Å². The number of aromatic hydroxyl groups is 4. The number of thioether (sulfide) groups is 2. The first-order valence-corrected chi connectivity index (χ1v) is 37.7. The molecular formula is C77H81N7O21S2. The Labute approximate surface area is 623 Å². The second-order valence-corrected chi connectivity index (χ2v) is 31.4. The number of nitrogens with one attached hydrogen (secondary N) is 4. The summed E-state index contributed by atoms with van der Waals surface area (Å²) in [5, 5.41) is 81.8. The lowest BCUT2D eigenvalue weighted by Gasteiger charge is -2.59. The van der Waals surface area contributed by atoms with Crippen LogP contribution in [0, 0.1) is 39.0 Å². The molecule has 30 heteroatoms. The van der Waals surface area contributed by atoms with Gasteiger partial charge in [0.2, 0.25) is 13.6 Å². The van der Waals surface area contributed by atoms with Gasteiger partial charge in [-0.1, -0.05) is 12.1 Å². The molecule has 6 aromatic rings. The first-order valence-electron chi connectivity index (χ1n) is 35.6. The molecule has 0 saturated carbocycles. The molecule has 20 rings (SSSR count). The van der Waals surface area contributed by atoms with Crippen LogP contribution in [0.4, 0.5) is 0 Å². The van der Waals surface area contributed by atoms with Crippen LogP contribution < -0.4 is 68.6 Å². The molecule has 14 atom stereocenters. The van der Waals surface area contributed by atoms with Gasteiger partial charge in [0.15, 0.2) is 80.1 Å². The Kier molecular flexibility index (Phi) is 17.3. The predicted octanol–water partition coefficient (Wildman–Crippen LogP) is 6.72. The predicted molar refractivity (Wildman–Crippen MR) is 383 cm³/mol. The van der Waals surface area contributed by atoms with E-state index in [1.807, 2.05) is 44.7 Å². The largest absolute Gasteiger partial charge is 0.504 e. The Morgan fingerprint density at radius 2 is 0.981 bits per heavy atom. The van der Waals surface area contributed by atoms with Gasteiger partial charge in [0.05, 0.1) is 75.2 Å². The van der Waals surface area contributed by atoms with Crippen molar-refractivity contribution in [1.82, 2.24) is 31.1 Å². The molecule has 0 aromatic heterocycles. The van der Waals surface area contributed by atoms with Gasteiger partial charge < -0.3 is 93.0 Å². The number of nitrogens with zero attached hydrogens (tertiary/aromatic N) is 3. The number of hydrogen-bond acceptors (Lipinski definition) is 30. The summed E-state index contributed by atoms with van der Waals surface area (Å²) >= 11 is 2.92. The third-order valence-electron chi connectivity index (χ3n) is 23.7. The van der Waals surface area contributed by atoms with E-state index in [1.54, 1.807) is 24.3 Å². The molecule has 107 heavy (non-hydrogen) atoms. The fourth-order valence-electron chi connectivity index (χ4n) is 19.4. The molecule has 0 amide bonds. The van der Waals surface area contributed by atoms with E-state index in [1.165, 1.54) is 65.8 Å². The molecule has 14 aliphatic rings. The number of aryl methyl sites for hydroxylation is 2. The Morgan fingerprint density at radius 1 is 0.551 bits per heavy atom. The van der Waals surface area contributed by atoms with Gasteiger partial charge in [-0.05, 0) is 122 Å². The lowest BCUT2D eigenvalue weighted by Crippen LogP contribution is -2.69. The number of methoxy groups -OCH3 is 4. The van der Waals surface area contributed by atoms with Crippen LogP contribution in [0.25, 0.3) is 0 Å². The number of phenols is 4. The summed E-state index contributed by atoms with van der Waals surface area (Å²) in [6.45, 7) is 10.5. The van der Waals surface area contributed by atoms with Gasteiger partial charge in [-0.25, -0.2) is 9.59 Å². The fourth-order valence-corrected chi connectivity index (χ4v) is 22.8. The maximum Gasteiger partial charge on any atom is 0.331 e. The highest BCUT2D eigenvalue weighted by Crippen LogP contribution is 2.66. The fraction of sp³-hybridized carbons (Fsp3) is 0.468. The molecule has 0 radical (unpaired) electrons. The van der Waals surface area contributed by atoms with Crippen LogP contribution in [-0.4, -0.2) is 175 Å². The van der Waals surface area contributed by atoms with Crippen LogP contribution in [0.1, 0.15) is 138 Å². The van der Waals surface area contributed by atoms with Crippen LogP contribution in [0.2, 0.25) is 0 Å². The van der Waals surface area contributed by atoms with E-state index in [0.717, 1.165) is 33.4 Å². The number of fused-ring (bicyclic) bond motifs is 18. The summed E-state index contributed by atoms with van der Waals surface area (Å²) in [6.07, 6.45) is 0.958. The van der Waals surface area contributed by atoms with Gasteiger partial charge in [0, 0.05) is 101 Å². The van der Waals surface area contributed by atoms with Gasteiger partial charge >= 0.3 is 23.9 Å². The summed E-state index contributed by atoms with van der Waals surface area (Å²) in [6, 6.07) is 8.05. The van der Waals surface area contributed by atoms with Gasteiger partial charge in [0.1, 0.15) is 37.0 Å². The highest BCUT2D eigenvalue weighted by atomic mass is 32.2. The number of esters is 4. The topological polar surface area (TPSA) is 359 Å². The SMILES string of the molecule is COc1cc2c(cc1O)CCN[C@]21CS[C@@H]2c3c(OC(C)=O)c(C)c4c(c3[C@H](COC1=O)N1C2C2N[C@@H](Cc3cc(C)c(OC)c(O)c32)[C@@H]1C#N)OCO4.COc1cc2c(cc1O)CCN[C@]21CS[C@@H]2c3c(OC(C)=O)c(C)c4c(c3[C@H](COC1=O)N1C2C2N[C@@H](Cc3cc(C)c(OC)c(O)c32)[C@@H]1O)OCO4. The van der Waals surface area contributed by atoms with Gasteiger partial charge in [-0.15, -0.1) is 23.5 Å². The molecule has 0 aliphatic carbocycles. The quantitative estimate of drug-likeness (QED) is 0.0617. The minimum Gasteiger partial charge on any atom is -0.504 e. The highest BCUT2D eigenvalue weighted by Gasteiger charge is 2.63. The lowest BCUT2D eigenvalue weighted by molar-refractivity contribution is -0.164. The average molecular weight is 1500 g/mol. The zero-order valence-corrected chi connectivity index (χ0v) is 61.9. The van der Waals surface area contributed by atoms with Gasteiger partial charge in [0.25, 0.3) is 0 Å². The van der Waals surface area contributed by atoms with Crippen LogP contribution >= 0.6 is 23.5 Å². The van der Waals surface area contributed by atoms with E-state index in [9.17, 15) is 50.0 Å². The number of piperazine rings is 2. The Balaban J connectivity index is 0.000000157. The van der Waals surface area contributed by atoms with E-state index >= 15 is 0 Å². The molecule has 14 heterocycles. The first kappa shape index (κ1) is 70.7. The Hall–Kier alpha value is -9.29. The van der Waals surface area contributed by atoms with E-state index in [2.05, 4.69) is 32.2 Å². The van der Waals surface area contributed by atoms with Crippen molar-refractivity contribution in [1.29, 1.82) is 5.26 Å². The van der Waals surface area contributed by atoms with Crippen molar-refractivity contribution < 1.29 is 102 Å². The molecule has 4 fully saturated rings. The monoisotopic (exact) mass is 1500 g/mol. The second-order valence-electron chi connectivity index (χ2n) is 29.2. The number of ether oxygens (including phenoxy) is 12. The first-order chi connectivity index (χ1) is 51.5. The van der Waals surface area contributed by atoms with Crippen molar-refractivity contribution in [2.24, 2.45) is 0 Å². The summed E-state index contributed by atoms with van der Waals surface area (Å²) in [4.78, 5) is 59.1. The molecule has 4 saturated heterocycles. The van der Waals surface area contributed by atoms with Crippen molar-refractivity contribution in [2.75, 3.05) is 79.8 Å². The molecule has 6 aromatic carbocycles. The molecule has 562 valence electrons. The van der Waals surface area contributed by atoms with Gasteiger partial charge in [-0.3, -0.25) is 30.0 Å². The van der Waals surface area contributed by atoms with Crippen LogP contribution in [0.5, 0.6) is 80.5 Å². The molecule has 8 bridgehead atoms. The van der Waals surface area contributed by atoms with Crippen LogP contribution in [-0.2, 0) is 65.4 Å². The van der Waals surface area contributed by atoms with Crippen LogP contribution in [0.3, 0.4) is 0 Å². The maximum atomic E-state index is 14.7. The number of benzene rings is 6. The molecule has 2 spiro atoms. The number of nitriles is 1. The molecule has 9 N–H and O–H groups in total. The van der Waals surface area contributed by atoms with Crippen molar-refractivity contribution >= 4 is 47.4 Å². The number of rotatable bonds is 6. The second kappa shape index (κ2) is 26.2. The number of aliphatic hydroxyl groups is 1. The van der Waals surface area contributed by atoms with Crippen molar-refractivity contribution in [3.63, 3.8) is 0 Å². The normalized spacial score (nSPS) is 29.1. The highest BCUT2D eigenvalue weighted by molar-refractivity contribution is 7.99. The number of hydrogen-bond donors (Lipinski definition) is 9. The van der Waals surface area contributed by atoms with E-state index < -0.39 is 100 Å².